The smallest absolute Gasteiger partial charge is 0.183 e. The molecule has 1 aromatic carbocycles. The Kier molecular flexibility index (Phi) is 5.31. The monoisotopic (exact) mass is 326 g/mol. The lowest BCUT2D eigenvalue weighted by Gasteiger charge is -2.05. The largest absolute Gasteiger partial charge is 0.399 e. The van der Waals surface area contributed by atoms with E-state index in [0.717, 1.165) is 0 Å². The minimum atomic E-state index is 0.285. The van der Waals surface area contributed by atoms with E-state index in [2.05, 4.69) is 20.0 Å². The number of hydrogen-bond acceptors (Lipinski definition) is 5. The van der Waals surface area contributed by atoms with Crippen LogP contribution in [-0.2, 0) is 0 Å². The van der Waals surface area contributed by atoms with Crippen LogP contribution in [0.25, 0.3) is 0 Å². The third-order valence-corrected chi connectivity index (χ3v) is 2.87. The first-order valence-corrected chi connectivity index (χ1v) is 7.31. The van der Waals surface area contributed by atoms with Gasteiger partial charge in [0.05, 0.1) is 18.4 Å². The fourth-order valence-electron chi connectivity index (χ4n) is 1.79. The standard InChI is InChI=1S/C16H22N8/c1-23(2)9-19-13-14(20-10-24(3)4)16(22-15(13)18)21-12-7-5-11(17)6-8-12/h5-10H,17H2,1-4H3,(H2,18,21,22). The van der Waals surface area contributed by atoms with Crippen LogP contribution in [0.1, 0.15) is 0 Å². The first-order valence-electron chi connectivity index (χ1n) is 7.31. The zero-order valence-electron chi connectivity index (χ0n) is 14.3. The fraction of sp³-hybridized carbons (Fsp3) is 0.250. The Balaban J connectivity index is 2.47. The van der Waals surface area contributed by atoms with Gasteiger partial charge in [-0.25, -0.2) is 20.0 Å². The second kappa shape index (κ2) is 7.40. The number of rotatable bonds is 5. The highest BCUT2D eigenvalue weighted by atomic mass is 15.2. The molecular formula is C16H22N8. The molecule has 1 aromatic rings. The van der Waals surface area contributed by atoms with E-state index < -0.39 is 0 Å². The molecule has 4 N–H and O–H groups in total. The summed E-state index contributed by atoms with van der Waals surface area (Å²) < 4.78 is 0. The van der Waals surface area contributed by atoms with Crippen molar-refractivity contribution in [2.75, 3.05) is 33.9 Å². The van der Waals surface area contributed by atoms with Crippen molar-refractivity contribution in [1.29, 1.82) is 0 Å². The molecule has 0 aromatic heterocycles. The molecule has 1 heterocycles. The second-order valence-corrected chi connectivity index (χ2v) is 5.64. The summed E-state index contributed by atoms with van der Waals surface area (Å²) in [5.74, 6) is 0.703. The highest BCUT2D eigenvalue weighted by Gasteiger charge is 2.23. The van der Waals surface area contributed by atoms with E-state index in [1.807, 2.05) is 50.1 Å². The Morgan fingerprint density at radius 2 is 1.42 bits per heavy atom. The zero-order valence-corrected chi connectivity index (χ0v) is 14.3. The Bertz CT molecular complexity index is 736. The van der Waals surface area contributed by atoms with E-state index in [4.69, 9.17) is 11.5 Å². The summed E-state index contributed by atoms with van der Waals surface area (Å²) in [6.45, 7) is 0. The average molecular weight is 326 g/mol. The van der Waals surface area contributed by atoms with Crippen molar-refractivity contribution in [2.45, 2.75) is 0 Å². The maximum atomic E-state index is 6.00. The normalized spacial score (nSPS) is 16.5. The SMILES string of the molecule is CN(C)C=NC1=C(N=CN(C)C)C(=Nc2ccc(N)cc2)N=C1N. The molecule has 126 valence electrons. The maximum Gasteiger partial charge on any atom is 0.183 e. The Labute approximate surface area is 141 Å². The van der Waals surface area contributed by atoms with Crippen LogP contribution in [0, 0.1) is 0 Å². The van der Waals surface area contributed by atoms with Crippen LogP contribution in [0.2, 0.25) is 0 Å². The van der Waals surface area contributed by atoms with Crippen LogP contribution in [0.4, 0.5) is 11.4 Å². The van der Waals surface area contributed by atoms with Gasteiger partial charge in [-0.2, -0.15) is 0 Å². The first-order chi connectivity index (χ1) is 11.4. The van der Waals surface area contributed by atoms with Crippen molar-refractivity contribution < 1.29 is 0 Å². The molecular weight excluding hydrogens is 304 g/mol. The van der Waals surface area contributed by atoms with E-state index in [0.29, 0.717) is 28.6 Å². The minimum absolute atomic E-state index is 0.285. The lowest BCUT2D eigenvalue weighted by atomic mass is 10.3. The van der Waals surface area contributed by atoms with Gasteiger partial charge in [0.15, 0.2) is 11.7 Å². The summed E-state index contributed by atoms with van der Waals surface area (Å²) in [7, 11) is 7.50. The molecule has 0 aliphatic carbocycles. The van der Waals surface area contributed by atoms with Crippen LogP contribution in [0.3, 0.4) is 0 Å². The summed E-state index contributed by atoms with van der Waals surface area (Å²) in [6, 6.07) is 7.17. The van der Waals surface area contributed by atoms with Crippen LogP contribution in [0.15, 0.2) is 55.6 Å². The molecule has 0 unspecified atom stereocenters. The van der Waals surface area contributed by atoms with Crippen LogP contribution < -0.4 is 11.5 Å². The average Bonchev–Trinajstić information content (AvgIpc) is 2.80. The van der Waals surface area contributed by atoms with Gasteiger partial charge >= 0.3 is 0 Å². The number of benzene rings is 1. The summed E-state index contributed by atoms with van der Waals surface area (Å²) >= 11 is 0. The van der Waals surface area contributed by atoms with E-state index in [1.165, 1.54) is 0 Å². The van der Waals surface area contributed by atoms with Gasteiger partial charge in [0, 0.05) is 33.9 Å². The van der Waals surface area contributed by atoms with E-state index in [1.54, 1.807) is 24.8 Å². The van der Waals surface area contributed by atoms with Crippen molar-refractivity contribution >= 4 is 35.7 Å². The van der Waals surface area contributed by atoms with Gasteiger partial charge in [0.2, 0.25) is 0 Å². The molecule has 8 nitrogen and oxygen atoms in total. The van der Waals surface area contributed by atoms with Gasteiger partial charge < -0.3 is 21.3 Å². The van der Waals surface area contributed by atoms with Crippen LogP contribution in [0.5, 0.6) is 0 Å². The van der Waals surface area contributed by atoms with Gasteiger partial charge in [0.25, 0.3) is 0 Å². The van der Waals surface area contributed by atoms with Crippen molar-refractivity contribution in [1.82, 2.24) is 9.80 Å². The molecule has 2 rings (SSSR count). The summed E-state index contributed by atoms with van der Waals surface area (Å²) in [6.07, 6.45) is 3.31. The lowest BCUT2D eigenvalue weighted by Crippen LogP contribution is -2.14. The molecule has 1 aliphatic rings. The first kappa shape index (κ1) is 17.2. The molecule has 0 saturated heterocycles. The maximum absolute atomic E-state index is 6.00. The Hall–Kier alpha value is -3.16. The fourth-order valence-corrected chi connectivity index (χ4v) is 1.79. The second-order valence-electron chi connectivity index (χ2n) is 5.64. The molecule has 1 aliphatic heterocycles. The topological polar surface area (TPSA) is 108 Å². The highest BCUT2D eigenvalue weighted by molar-refractivity contribution is 6.20. The molecule has 0 bridgehead atoms. The van der Waals surface area contributed by atoms with Crippen molar-refractivity contribution in [3.05, 3.63) is 35.7 Å². The van der Waals surface area contributed by atoms with Crippen molar-refractivity contribution in [3.63, 3.8) is 0 Å². The Morgan fingerprint density at radius 1 is 0.875 bits per heavy atom. The molecule has 0 atom stereocenters. The Morgan fingerprint density at radius 3 is 1.96 bits per heavy atom. The van der Waals surface area contributed by atoms with E-state index in [-0.39, 0.29) is 5.84 Å². The summed E-state index contributed by atoms with van der Waals surface area (Å²) in [5.41, 5.74) is 14.1. The van der Waals surface area contributed by atoms with Gasteiger partial charge in [-0.3, -0.25) is 0 Å². The van der Waals surface area contributed by atoms with Gasteiger partial charge in [-0.05, 0) is 24.3 Å². The molecule has 8 heteroatoms. The summed E-state index contributed by atoms with van der Waals surface area (Å²) in [4.78, 5) is 21.2. The van der Waals surface area contributed by atoms with Crippen molar-refractivity contribution in [2.24, 2.45) is 25.7 Å². The summed E-state index contributed by atoms with van der Waals surface area (Å²) in [5, 5.41) is 0. The zero-order chi connectivity index (χ0) is 17.7. The number of amidine groups is 2. The van der Waals surface area contributed by atoms with Crippen LogP contribution >= 0.6 is 0 Å². The van der Waals surface area contributed by atoms with E-state index in [9.17, 15) is 0 Å². The molecule has 0 amide bonds. The number of nitrogens with zero attached hydrogens (tertiary/aromatic N) is 6. The number of hydrogen-bond donors (Lipinski definition) is 2. The third-order valence-electron chi connectivity index (χ3n) is 2.87. The minimum Gasteiger partial charge on any atom is -0.399 e. The number of anilines is 1. The number of nitrogen functional groups attached to an aromatic ring is 1. The predicted octanol–water partition coefficient (Wildman–Crippen LogP) is 1.06. The molecule has 0 spiro atoms. The van der Waals surface area contributed by atoms with Crippen molar-refractivity contribution in [3.8, 4) is 0 Å². The van der Waals surface area contributed by atoms with Gasteiger partial charge in [-0.15, -0.1) is 0 Å². The highest BCUT2D eigenvalue weighted by Crippen LogP contribution is 2.23. The third kappa shape index (κ3) is 4.42. The number of aliphatic imine (C=N–C) groups is 4. The predicted molar refractivity (Wildman–Crippen MR) is 101 cm³/mol. The lowest BCUT2D eigenvalue weighted by molar-refractivity contribution is 0.641. The molecule has 0 radical (unpaired) electrons. The van der Waals surface area contributed by atoms with E-state index >= 15 is 0 Å². The molecule has 24 heavy (non-hydrogen) atoms. The van der Waals surface area contributed by atoms with Gasteiger partial charge in [0.1, 0.15) is 11.4 Å². The quantitative estimate of drug-likeness (QED) is 0.479. The van der Waals surface area contributed by atoms with Crippen LogP contribution in [-0.4, -0.2) is 62.3 Å². The van der Waals surface area contributed by atoms with Gasteiger partial charge in [-0.1, -0.05) is 0 Å². The number of nitrogens with two attached hydrogens (primary N) is 2. The molecule has 0 fully saturated rings. The molecule has 0 saturated carbocycles.